The van der Waals surface area contributed by atoms with Crippen LogP contribution < -0.4 is 5.32 Å². The van der Waals surface area contributed by atoms with Crippen molar-refractivity contribution in [2.75, 3.05) is 25.4 Å². The van der Waals surface area contributed by atoms with Crippen molar-refractivity contribution in [3.8, 4) is 0 Å². The molecule has 1 aliphatic carbocycles. The number of rotatable bonds is 7. The molecule has 1 amide bonds. The molecule has 1 saturated heterocycles. The Labute approximate surface area is 173 Å². The number of carbonyl (C=O) groups excluding carboxylic acids is 1. The molecule has 28 heavy (non-hydrogen) atoms. The van der Waals surface area contributed by atoms with Crippen LogP contribution in [0.3, 0.4) is 0 Å². The van der Waals surface area contributed by atoms with Gasteiger partial charge >= 0.3 is 0 Å². The summed E-state index contributed by atoms with van der Waals surface area (Å²) in [5.74, 6) is 0.677. The highest BCUT2D eigenvalue weighted by atomic mass is 32.2. The van der Waals surface area contributed by atoms with Gasteiger partial charge in [-0.3, -0.25) is 4.79 Å². The Morgan fingerprint density at radius 2 is 1.82 bits per heavy atom. The third-order valence-electron chi connectivity index (χ3n) is 5.72. The number of hydrogen-bond donors (Lipinski definition) is 1. The predicted octanol–water partition coefficient (Wildman–Crippen LogP) is 3.58. The summed E-state index contributed by atoms with van der Waals surface area (Å²) in [7, 11) is -3.54. The molecule has 5 nitrogen and oxygen atoms in total. The van der Waals surface area contributed by atoms with Crippen molar-refractivity contribution >= 4 is 27.7 Å². The highest BCUT2D eigenvalue weighted by Gasteiger charge is 2.33. The summed E-state index contributed by atoms with van der Waals surface area (Å²) in [4.78, 5) is 12.9. The number of carbonyl (C=O) groups is 1. The molecule has 3 rings (SSSR count). The van der Waals surface area contributed by atoms with Crippen LogP contribution in [0, 0.1) is 12.8 Å². The van der Waals surface area contributed by atoms with Crippen LogP contribution in [0.25, 0.3) is 0 Å². The maximum atomic E-state index is 12.9. The van der Waals surface area contributed by atoms with Crippen LogP contribution in [0.2, 0.25) is 0 Å². The van der Waals surface area contributed by atoms with E-state index in [9.17, 15) is 13.2 Å². The van der Waals surface area contributed by atoms with Gasteiger partial charge < -0.3 is 5.32 Å². The summed E-state index contributed by atoms with van der Waals surface area (Å²) in [5.41, 5.74) is 1.03. The molecule has 2 fully saturated rings. The largest absolute Gasteiger partial charge is 0.355 e. The molecule has 1 aromatic rings. The zero-order valence-electron chi connectivity index (χ0n) is 16.7. The standard InChI is InChI=1S/C21H32N2O3S2/c1-17-9-11-20(12-10-17)28(25,26)23-14-5-6-18(16-23)21(24)22-13-15-27-19-7-3-2-4-8-19/h9-12,18-19H,2-8,13-16H2,1H3,(H,22,24). The Bertz CT molecular complexity index is 743. The Morgan fingerprint density at radius 1 is 1.11 bits per heavy atom. The van der Waals surface area contributed by atoms with Crippen LogP contribution in [-0.4, -0.2) is 49.3 Å². The molecule has 2 aliphatic rings. The molecule has 156 valence electrons. The number of thioether (sulfide) groups is 1. The second kappa shape index (κ2) is 10.1. The fraction of sp³-hybridized carbons (Fsp3) is 0.667. The maximum absolute atomic E-state index is 12.9. The average molecular weight is 425 g/mol. The SMILES string of the molecule is Cc1ccc(S(=O)(=O)N2CCCC(C(=O)NCCSC3CCCCC3)C2)cc1. The first-order chi connectivity index (χ1) is 13.5. The number of aryl methyl sites for hydroxylation is 1. The summed E-state index contributed by atoms with van der Waals surface area (Å²) in [6, 6.07) is 6.92. The second-order valence-electron chi connectivity index (χ2n) is 7.94. The van der Waals surface area contributed by atoms with Gasteiger partial charge in [-0.15, -0.1) is 0 Å². The molecule has 1 aromatic carbocycles. The molecule has 1 unspecified atom stereocenters. The molecule has 0 radical (unpaired) electrons. The molecule has 1 heterocycles. The first kappa shape index (κ1) is 21.7. The van der Waals surface area contributed by atoms with Gasteiger partial charge in [0, 0.05) is 30.6 Å². The molecule has 7 heteroatoms. The normalized spacial score (nSPS) is 22.1. The van der Waals surface area contributed by atoms with Gasteiger partial charge in [0.2, 0.25) is 15.9 Å². The highest BCUT2D eigenvalue weighted by molar-refractivity contribution is 7.99. The minimum absolute atomic E-state index is 0.00643. The van der Waals surface area contributed by atoms with Gasteiger partial charge in [-0.2, -0.15) is 16.1 Å². The summed E-state index contributed by atoms with van der Waals surface area (Å²) in [6.45, 7) is 3.36. The molecular formula is C21H32N2O3S2. The Balaban J connectivity index is 1.48. The predicted molar refractivity (Wildman–Crippen MR) is 115 cm³/mol. The molecule has 1 aliphatic heterocycles. The van der Waals surface area contributed by atoms with Crippen LogP contribution >= 0.6 is 11.8 Å². The van der Waals surface area contributed by atoms with E-state index in [0.29, 0.717) is 18.0 Å². The monoisotopic (exact) mass is 424 g/mol. The van der Waals surface area contributed by atoms with E-state index in [-0.39, 0.29) is 18.4 Å². The summed E-state index contributed by atoms with van der Waals surface area (Å²) < 4.78 is 27.3. The third kappa shape index (κ3) is 5.74. The molecule has 0 spiro atoms. The van der Waals surface area contributed by atoms with Gasteiger partial charge in [-0.25, -0.2) is 8.42 Å². The zero-order chi connectivity index (χ0) is 20.0. The van der Waals surface area contributed by atoms with Gasteiger partial charge in [0.1, 0.15) is 0 Å². The fourth-order valence-electron chi connectivity index (χ4n) is 4.01. The van der Waals surface area contributed by atoms with E-state index < -0.39 is 10.0 Å². The quantitative estimate of drug-likeness (QED) is 0.680. The Morgan fingerprint density at radius 3 is 2.54 bits per heavy atom. The van der Waals surface area contributed by atoms with E-state index in [1.54, 1.807) is 12.1 Å². The van der Waals surface area contributed by atoms with Crippen LogP contribution in [0.5, 0.6) is 0 Å². The van der Waals surface area contributed by atoms with Crippen molar-refractivity contribution in [3.63, 3.8) is 0 Å². The van der Waals surface area contributed by atoms with Gasteiger partial charge in [0.05, 0.1) is 10.8 Å². The zero-order valence-corrected chi connectivity index (χ0v) is 18.4. The molecule has 1 saturated carbocycles. The number of benzene rings is 1. The van der Waals surface area contributed by atoms with Gasteiger partial charge in [-0.05, 0) is 44.7 Å². The van der Waals surface area contributed by atoms with E-state index in [0.717, 1.165) is 29.4 Å². The number of sulfonamides is 1. The van der Waals surface area contributed by atoms with Crippen LogP contribution in [0.1, 0.15) is 50.5 Å². The summed E-state index contributed by atoms with van der Waals surface area (Å²) >= 11 is 1.97. The number of hydrogen-bond acceptors (Lipinski definition) is 4. The second-order valence-corrected chi connectivity index (χ2v) is 11.3. The smallest absolute Gasteiger partial charge is 0.243 e. The highest BCUT2D eigenvalue weighted by Crippen LogP contribution is 2.28. The first-order valence-corrected chi connectivity index (χ1v) is 12.9. The maximum Gasteiger partial charge on any atom is 0.243 e. The Kier molecular flexibility index (Phi) is 7.83. The molecule has 0 bridgehead atoms. The lowest BCUT2D eigenvalue weighted by Crippen LogP contribution is -2.45. The Hall–Kier alpha value is -1.05. The first-order valence-electron chi connectivity index (χ1n) is 10.4. The molecular weight excluding hydrogens is 392 g/mol. The lowest BCUT2D eigenvalue weighted by Gasteiger charge is -2.31. The molecule has 0 aromatic heterocycles. The van der Waals surface area contributed by atoms with Crippen molar-refractivity contribution in [2.24, 2.45) is 5.92 Å². The van der Waals surface area contributed by atoms with E-state index in [4.69, 9.17) is 0 Å². The minimum atomic E-state index is -3.54. The molecule has 1 atom stereocenters. The average Bonchev–Trinajstić information content (AvgIpc) is 2.72. The fourth-order valence-corrected chi connectivity index (χ4v) is 6.75. The van der Waals surface area contributed by atoms with E-state index in [1.807, 2.05) is 30.8 Å². The van der Waals surface area contributed by atoms with Crippen molar-refractivity contribution in [1.82, 2.24) is 9.62 Å². The number of piperidine rings is 1. The minimum Gasteiger partial charge on any atom is -0.355 e. The topological polar surface area (TPSA) is 66.5 Å². The van der Waals surface area contributed by atoms with Crippen LogP contribution in [-0.2, 0) is 14.8 Å². The van der Waals surface area contributed by atoms with Crippen LogP contribution in [0.15, 0.2) is 29.2 Å². The van der Waals surface area contributed by atoms with E-state index in [2.05, 4.69) is 5.32 Å². The lowest BCUT2D eigenvalue weighted by molar-refractivity contribution is -0.125. The number of nitrogens with zero attached hydrogens (tertiary/aromatic N) is 1. The van der Waals surface area contributed by atoms with Gasteiger partial charge in [0.15, 0.2) is 0 Å². The van der Waals surface area contributed by atoms with Gasteiger partial charge in [0.25, 0.3) is 0 Å². The third-order valence-corrected chi connectivity index (χ3v) is 8.98. The summed E-state index contributed by atoms with van der Waals surface area (Å²) in [5, 5.41) is 3.78. The van der Waals surface area contributed by atoms with Gasteiger partial charge in [-0.1, -0.05) is 37.0 Å². The summed E-state index contributed by atoms with van der Waals surface area (Å²) in [6.07, 6.45) is 8.09. The van der Waals surface area contributed by atoms with Crippen molar-refractivity contribution in [1.29, 1.82) is 0 Å². The lowest BCUT2D eigenvalue weighted by atomic mass is 9.99. The number of nitrogens with one attached hydrogen (secondary N) is 1. The van der Waals surface area contributed by atoms with E-state index >= 15 is 0 Å². The molecule has 1 N–H and O–H groups in total. The van der Waals surface area contributed by atoms with Crippen LogP contribution in [0.4, 0.5) is 0 Å². The number of amides is 1. The van der Waals surface area contributed by atoms with Crippen molar-refractivity contribution < 1.29 is 13.2 Å². The van der Waals surface area contributed by atoms with Crippen molar-refractivity contribution in [2.45, 2.75) is 62.0 Å². The van der Waals surface area contributed by atoms with E-state index in [1.165, 1.54) is 36.4 Å². The van der Waals surface area contributed by atoms with Crippen molar-refractivity contribution in [3.05, 3.63) is 29.8 Å².